The van der Waals surface area contributed by atoms with Gasteiger partial charge in [-0.25, -0.2) is 0 Å². The molecule has 1 rings (SSSR count). The molecule has 0 amide bonds. The number of nitrogens with zero attached hydrogens (tertiary/aromatic N) is 1. The van der Waals surface area contributed by atoms with E-state index in [4.69, 9.17) is 0 Å². The third-order valence-electron chi connectivity index (χ3n) is 2.43. The molecular weight excluding hydrogens is 302 g/mol. The summed E-state index contributed by atoms with van der Waals surface area (Å²) in [5.41, 5.74) is 3.92. The minimum atomic E-state index is 0.550. The number of hydrogen-bond acceptors (Lipinski definition) is 1. The van der Waals surface area contributed by atoms with Crippen molar-refractivity contribution in [1.82, 2.24) is 0 Å². The van der Waals surface area contributed by atoms with Crippen LogP contribution in [0.4, 0.5) is 5.69 Å². The molecule has 0 aliphatic rings. The van der Waals surface area contributed by atoms with Crippen molar-refractivity contribution in [3.8, 4) is 0 Å². The zero-order valence-electron chi connectivity index (χ0n) is 12.7. The Kier molecular flexibility index (Phi) is 8.61. The Morgan fingerprint density at radius 2 is 1.28 bits per heavy atom. The van der Waals surface area contributed by atoms with Gasteiger partial charge in [0.05, 0.1) is 0 Å². The first-order valence-corrected chi connectivity index (χ1v) is 7.43. The quantitative estimate of drug-likeness (QED) is 0.483. The van der Waals surface area contributed by atoms with E-state index in [1.165, 1.54) is 22.7 Å². The molecule has 0 radical (unpaired) electrons. The summed E-state index contributed by atoms with van der Waals surface area (Å²) in [5.74, 6) is 2.52. The molecular formula is C16H26MoN+3. The minimum Gasteiger partial charge on any atom is -0.323 e. The molecule has 0 saturated heterocycles. The van der Waals surface area contributed by atoms with Crippen LogP contribution >= 0.6 is 0 Å². The number of benzene rings is 1. The van der Waals surface area contributed by atoms with E-state index < -0.39 is 0 Å². The van der Waals surface area contributed by atoms with Crippen molar-refractivity contribution in [3.05, 3.63) is 35.2 Å². The van der Waals surface area contributed by atoms with Crippen LogP contribution in [-0.2, 0) is 19.6 Å². The molecule has 18 heavy (non-hydrogen) atoms. The molecule has 0 saturated carbocycles. The van der Waals surface area contributed by atoms with Gasteiger partial charge in [0.25, 0.3) is 0 Å². The van der Waals surface area contributed by atoms with Crippen molar-refractivity contribution < 1.29 is 19.6 Å². The van der Waals surface area contributed by atoms with Crippen LogP contribution in [0.1, 0.15) is 71.4 Å². The number of rotatable bonds is 3. The van der Waals surface area contributed by atoms with Gasteiger partial charge in [0.2, 0.25) is 0 Å². The molecule has 0 atom stereocenters. The second kappa shape index (κ2) is 8.75. The number of hydrogen-bond donors (Lipinski definition) is 0. The average molecular weight is 328 g/mol. The molecule has 0 N–H and O–H groups in total. The van der Waals surface area contributed by atoms with Gasteiger partial charge in [0.1, 0.15) is 0 Å². The molecule has 0 aromatic heterocycles. The van der Waals surface area contributed by atoms with E-state index in [0.717, 1.165) is 0 Å². The first-order valence-electron chi connectivity index (χ1n) is 6.54. The van der Waals surface area contributed by atoms with Gasteiger partial charge < -0.3 is 5.92 Å². The van der Waals surface area contributed by atoms with Crippen molar-refractivity contribution in [2.45, 2.75) is 60.3 Å². The van der Waals surface area contributed by atoms with Crippen LogP contribution < -0.4 is 0 Å². The molecule has 0 unspecified atom stereocenters. The Morgan fingerprint density at radius 3 is 1.50 bits per heavy atom. The Balaban J connectivity index is 0.000000631. The normalized spacial score (nSPS) is 10.7. The second-order valence-electron chi connectivity index (χ2n) is 5.69. The van der Waals surface area contributed by atoms with Crippen molar-refractivity contribution >= 4 is 5.69 Å². The van der Waals surface area contributed by atoms with Crippen LogP contribution in [0.5, 0.6) is 0 Å². The molecule has 0 spiro atoms. The fourth-order valence-electron chi connectivity index (χ4n) is 1.62. The van der Waals surface area contributed by atoms with Crippen LogP contribution in [0.2, 0.25) is 0 Å². The first kappa shape index (κ1) is 17.7. The van der Waals surface area contributed by atoms with E-state index in [2.05, 4.69) is 70.2 Å². The van der Waals surface area contributed by atoms with Crippen LogP contribution in [0.25, 0.3) is 0 Å². The van der Waals surface area contributed by atoms with E-state index in [-0.39, 0.29) is 0 Å². The fourth-order valence-corrected chi connectivity index (χ4v) is 2.14. The molecule has 0 bridgehead atoms. The zero-order valence-corrected chi connectivity index (χ0v) is 14.7. The molecule has 0 heterocycles. The van der Waals surface area contributed by atoms with E-state index in [1.54, 1.807) is 0 Å². The summed E-state index contributed by atoms with van der Waals surface area (Å²) in [4.78, 5) is 0. The van der Waals surface area contributed by atoms with Gasteiger partial charge in [0, 0.05) is 0 Å². The van der Waals surface area contributed by atoms with E-state index >= 15 is 0 Å². The molecule has 1 aromatic carbocycles. The fraction of sp³-hybridized carbons (Fsp3) is 0.562. The maximum atomic E-state index is 4.42. The summed E-state index contributed by atoms with van der Waals surface area (Å²) in [7, 11) is 0. The van der Waals surface area contributed by atoms with Crippen LogP contribution in [0, 0.1) is 5.92 Å². The van der Waals surface area contributed by atoms with Crippen molar-refractivity contribution in [1.29, 1.82) is 0 Å². The van der Waals surface area contributed by atoms with Crippen LogP contribution in [-0.4, -0.2) is 0 Å². The van der Waals surface area contributed by atoms with Crippen molar-refractivity contribution in [2.75, 3.05) is 0 Å². The van der Waals surface area contributed by atoms with E-state index in [9.17, 15) is 0 Å². The standard InChI is InChI=1S/C12H17N.C4H9.Mo/c1-8(2)10-6-5-7-11(9(3)4)12(10)13;1-4(2)3;/h5-9H,1-4H3;1-3H3;/q;-1;+4. The van der Waals surface area contributed by atoms with Crippen molar-refractivity contribution in [3.63, 3.8) is 0 Å². The van der Waals surface area contributed by atoms with Gasteiger partial charge in [-0.15, -0.1) is 0 Å². The third-order valence-corrected chi connectivity index (χ3v) is 2.88. The maximum Gasteiger partial charge on any atom is -0.189 e. The molecule has 1 nitrogen and oxygen atoms in total. The average Bonchev–Trinajstić information content (AvgIpc) is 2.26. The van der Waals surface area contributed by atoms with Gasteiger partial charge in [-0.3, -0.25) is 0 Å². The molecule has 0 aliphatic heterocycles. The molecule has 98 valence electrons. The predicted octanol–water partition coefficient (Wildman–Crippen LogP) is 5.92. The monoisotopic (exact) mass is 330 g/mol. The SMILES string of the molecule is CC(C)c1cccc(C(C)C)c1[N]=[Mo+4].C[C-](C)C. The zero-order chi connectivity index (χ0) is 14.3. The summed E-state index contributed by atoms with van der Waals surface area (Å²) in [6.45, 7) is 15.1. The minimum absolute atomic E-state index is 0.550. The van der Waals surface area contributed by atoms with Gasteiger partial charge in [0.15, 0.2) is 0 Å². The Morgan fingerprint density at radius 1 is 0.944 bits per heavy atom. The maximum absolute atomic E-state index is 4.42. The van der Waals surface area contributed by atoms with Crippen LogP contribution in [0.15, 0.2) is 21.7 Å². The Hall–Kier alpha value is -0.292. The first-order chi connectivity index (χ1) is 8.31. The topological polar surface area (TPSA) is 12.4 Å². The van der Waals surface area contributed by atoms with Gasteiger partial charge in [-0.05, 0) is 0 Å². The predicted molar refractivity (Wildman–Crippen MR) is 77.0 cm³/mol. The Bertz CT molecular complexity index is 338. The van der Waals surface area contributed by atoms with Gasteiger partial charge in [-0.2, -0.15) is 20.8 Å². The largest absolute Gasteiger partial charge is 0.323 e. The summed E-state index contributed by atoms with van der Waals surface area (Å²) in [6.07, 6.45) is 0. The van der Waals surface area contributed by atoms with Gasteiger partial charge in [-0.1, -0.05) is 0 Å². The van der Waals surface area contributed by atoms with Crippen molar-refractivity contribution in [2.24, 2.45) is 3.50 Å². The summed E-state index contributed by atoms with van der Waals surface area (Å²) < 4.78 is 4.42. The van der Waals surface area contributed by atoms with Crippen LogP contribution in [0.3, 0.4) is 0 Å². The summed E-state index contributed by atoms with van der Waals surface area (Å²) in [5, 5.41) is 0. The summed E-state index contributed by atoms with van der Waals surface area (Å²) >= 11 is 1.81. The van der Waals surface area contributed by atoms with Gasteiger partial charge >= 0.3 is 97.7 Å². The molecule has 0 aliphatic carbocycles. The Labute approximate surface area is 124 Å². The molecule has 0 fully saturated rings. The summed E-state index contributed by atoms with van der Waals surface area (Å²) in [6, 6.07) is 6.50. The van der Waals surface area contributed by atoms with E-state index in [1.807, 2.05) is 19.6 Å². The third kappa shape index (κ3) is 6.05. The smallest absolute Gasteiger partial charge is 0.189 e. The molecule has 2 heteroatoms. The molecule has 1 aromatic rings. The second-order valence-corrected chi connectivity index (χ2v) is 6.13. The van der Waals surface area contributed by atoms with E-state index in [0.29, 0.717) is 11.8 Å².